The van der Waals surface area contributed by atoms with Crippen molar-refractivity contribution in [3.05, 3.63) is 82.4 Å². The van der Waals surface area contributed by atoms with Gasteiger partial charge in [0.15, 0.2) is 5.69 Å². The van der Waals surface area contributed by atoms with E-state index in [1.165, 1.54) is 30.0 Å². The summed E-state index contributed by atoms with van der Waals surface area (Å²) in [5.74, 6) is -1.05. The number of methoxy groups -OCH3 is 1. The van der Waals surface area contributed by atoms with Gasteiger partial charge in [0.2, 0.25) is 11.3 Å². The van der Waals surface area contributed by atoms with Crippen LogP contribution >= 0.6 is 0 Å². The number of benzene rings is 2. The Bertz CT molecular complexity index is 971. The predicted molar refractivity (Wildman–Crippen MR) is 90.7 cm³/mol. The van der Waals surface area contributed by atoms with Gasteiger partial charge in [0.05, 0.1) is 18.9 Å². The van der Waals surface area contributed by atoms with Crippen LogP contribution in [0.2, 0.25) is 0 Å². The van der Waals surface area contributed by atoms with Crippen LogP contribution in [0.5, 0.6) is 5.88 Å². The highest BCUT2D eigenvalue weighted by molar-refractivity contribution is 6.02. The molecule has 0 radical (unpaired) electrons. The molecule has 1 aromatic heterocycles. The zero-order valence-electron chi connectivity index (χ0n) is 13.3. The first-order valence-electron chi connectivity index (χ1n) is 7.39. The van der Waals surface area contributed by atoms with Crippen molar-refractivity contribution in [1.82, 2.24) is 9.78 Å². The Hall–Kier alpha value is -3.48. The van der Waals surface area contributed by atoms with Gasteiger partial charge < -0.3 is 10.1 Å². The number of nitrogens with zero attached hydrogens (tertiary/aromatic N) is 2. The van der Waals surface area contributed by atoms with Crippen molar-refractivity contribution in [3.63, 3.8) is 0 Å². The van der Waals surface area contributed by atoms with E-state index in [1.807, 2.05) is 0 Å². The van der Waals surface area contributed by atoms with Crippen molar-refractivity contribution in [1.29, 1.82) is 0 Å². The maximum Gasteiger partial charge on any atom is 0.280 e. The monoisotopic (exact) mass is 339 g/mol. The Balaban J connectivity index is 2.04. The molecule has 3 aromatic rings. The first-order chi connectivity index (χ1) is 12.1. The van der Waals surface area contributed by atoms with Crippen LogP contribution in [-0.2, 0) is 0 Å². The van der Waals surface area contributed by atoms with Crippen LogP contribution in [0.25, 0.3) is 5.69 Å². The van der Waals surface area contributed by atoms with Gasteiger partial charge in [-0.3, -0.25) is 9.59 Å². The molecule has 2 aromatic carbocycles. The molecule has 1 amide bonds. The fraction of sp³-hybridized carbons (Fsp3) is 0.0556. The van der Waals surface area contributed by atoms with Crippen LogP contribution in [0, 0.1) is 5.82 Å². The van der Waals surface area contributed by atoms with Crippen LogP contribution in [0.3, 0.4) is 0 Å². The Kier molecular flexibility index (Phi) is 4.56. The smallest absolute Gasteiger partial charge is 0.280 e. The summed E-state index contributed by atoms with van der Waals surface area (Å²) in [5, 5.41) is 6.65. The summed E-state index contributed by atoms with van der Waals surface area (Å²) in [6, 6.07) is 15.4. The number of ether oxygens (including phenoxy) is 1. The van der Waals surface area contributed by atoms with Gasteiger partial charge in [-0.15, -0.1) is 0 Å². The number of para-hydroxylation sites is 1. The first kappa shape index (κ1) is 16.4. The van der Waals surface area contributed by atoms with Crippen LogP contribution in [0.4, 0.5) is 10.1 Å². The van der Waals surface area contributed by atoms with Crippen molar-refractivity contribution in [2.24, 2.45) is 0 Å². The number of hydrogen-bond acceptors (Lipinski definition) is 4. The van der Waals surface area contributed by atoms with E-state index in [4.69, 9.17) is 4.74 Å². The number of amides is 1. The largest absolute Gasteiger partial charge is 0.481 e. The highest BCUT2D eigenvalue weighted by Gasteiger charge is 2.17. The third-order valence-corrected chi connectivity index (χ3v) is 3.41. The van der Waals surface area contributed by atoms with E-state index in [0.717, 1.165) is 6.07 Å². The molecule has 3 rings (SSSR count). The molecule has 0 bridgehead atoms. The molecule has 0 spiro atoms. The Labute approximate surface area is 142 Å². The van der Waals surface area contributed by atoms with Gasteiger partial charge in [-0.05, 0) is 30.3 Å². The molecule has 1 N–H and O–H groups in total. The van der Waals surface area contributed by atoms with E-state index < -0.39 is 17.2 Å². The molecule has 0 saturated heterocycles. The van der Waals surface area contributed by atoms with Gasteiger partial charge in [-0.1, -0.05) is 24.3 Å². The molecule has 25 heavy (non-hydrogen) atoms. The molecular formula is C18H14FN3O3. The molecule has 0 aliphatic carbocycles. The Morgan fingerprint density at radius 2 is 1.88 bits per heavy atom. The molecule has 0 atom stereocenters. The van der Waals surface area contributed by atoms with E-state index in [1.54, 1.807) is 36.4 Å². The number of carbonyl (C=O) groups is 1. The van der Waals surface area contributed by atoms with Crippen molar-refractivity contribution in [3.8, 4) is 11.6 Å². The number of nitrogens with one attached hydrogen (secondary N) is 1. The van der Waals surface area contributed by atoms with Crippen LogP contribution in [0.1, 0.15) is 10.5 Å². The fourth-order valence-corrected chi connectivity index (χ4v) is 2.25. The third kappa shape index (κ3) is 3.55. The lowest BCUT2D eigenvalue weighted by Gasteiger charge is -2.12. The van der Waals surface area contributed by atoms with E-state index >= 15 is 0 Å². The first-order valence-corrected chi connectivity index (χ1v) is 7.39. The summed E-state index contributed by atoms with van der Waals surface area (Å²) in [7, 11) is 1.36. The molecule has 0 aliphatic heterocycles. The molecule has 0 fully saturated rings. The Morgan fingerprint density at radius 1 is 1.12 bits per heavy atom. The fourth-order valence-electron chi connectivity index (χ4n) is 2.25. The van der Waals surface area contributed by atoms with Crippen LogP contribution < -0.4 is 15.5 Å². The van der Waals surface area contributed by atoms with E-state index in [9.17, 15) is 14.0 Å². The van der Waals surface area contributed by atoms with E-state index in [0.29, 0.717) is 11.4 Å². The second-order valence-electron chi connectivity index (χ2n) is 5.11. The van der Waals surface area contributed by atoms with Gasteiger partial charge in [0.1, 0.15) is 5.82 Å². The molecular weight excluding hydrogens is 325 g/mol. The van der Waals surface area contributed by atoms with Gasteiger partial charge in [0, 0.05) is 5.69 Å². The second-order valence-corrected chi connectivity index (χ2v) is 5.11. The summed E-state index contributed by atoms with van der Waals surface area (Å²) in [5.41, 5.74) is -0.0701. The molecule has 0 saturated carbocycles. The molecule has 0 aliphatic rings. The highest BCUT2D eigenvalue weighted by atomic mass is 19.1. The third-order valence-electron chi connectivity index (χ3n) is 3.41. The highest BCUT2D eigenvalue weighted by Crippen LogP contribution is 2.16. The minimum absolute atomic E-state index is 0.0897. The average molecular weight is 339 g/mol. The summed E-state index contributed by atoms with van der Waals surface area (Å²) in [4.78, 5) is 24.6. The zero-order chi connectivity index (χ0) is 17.8. The minimum Gasteiger partial charge on any atom is -0.481 e. The van der Waals surface area contributed by atoms with Crippen molar-refractivity contribution >= 4 is 11.6 Å². The van der Waals surface area contributed by atoms with Crippen LogP contribution in [-0.4, -0.2) is 22.8 Å². The zero-order valence-corrected chi connectivity index (χ0v) is 13.3. The standard InChI is InChI=1S/C18H14FN3O3/c1-25-16-11-15(23)17(18(24)20-13-7-3-2-4-8-13)21-22(16)14-9-5-6-12(19)10-14/h2-11H,1H3,(H,20,24). The number of halogens is 1. The van der Waals surface area contributed by atoms with Crippen molar-refractivity contribution in [2.75, 3.05) is 12.4 Å². The number of aromatic nitrogens is 2. The molecule has 126 valence electrons. The maximum absolute atomic E-state index is 13.5. The summed E-state index contributed by atoms with van der Waals surface area (Å²) in [6.45, 7) is 0. The summed E-state index contributed by atoms with van der Waals surface area (Å²) in [6.07, 6.45) is 0. The predicted octanol–water partition coefficient (Wildman–Crippen LogP) is 2.63. The molecule has 7 heteroatoms. The minimum atomic E-state index is -0.663. The van der Waals surface area contributed by atoms with Gasteiger partial charge in [0.25, 0.3) is 5.91 Å². The molecule has 6 nitrogen and oxygen atoms in total. The van der Waals surface area contributed by atoms with Crippen LogP contribution in [0.15, 0.2) is 65.5 Å². The lowest BCUT2D eigenvalue weighted by atomic mass is 10.3. The summed E-state index contributed by atoms with van der Waals surface area (Å²) < 4.78 is 19.8. The number of rotatable bonds is 4. The maximum atomic E-state index is 13.5. The number of anilines is 1. The SMILES string of the molecule is COc1cc(=O)c(C(=O)Nc2ccccc2)nn1-c1cccc(F)c1. The Morgan fingerprint density at radius 3 is 2.56 bits per heavy atom. The van der Waals surface area contributed by atoms with Crippen molar-refractivity contribution < 1.29 is 13.9 Å². The average Bonchev–Trinajstić information content (AvgIpc) is 2.62. The van der Waals surface area contributed by atoms with Gasteiger partial charge >= 0.3 is 0 Å². The second kappa shape index (κ2) is 6.96. The van der Waals surface area contributed by atoms with Gasteiger partial charge in [-0.2, -0.15) is 5.10 Å². The normalized spacial score (nSPS) is 10.3. The van der Waals surface area contributed by atoms with Crippen molar-refractivity contribution in [2.45, 2.75) is 0 Å². The molecule has 0 unspecified atom stereocenters. The molecule has 1 heterocycles. The number of hydrogen-bond donors (Lipinski definition) is 1. The topological polar surface area (TPSA) is 73.2 Å². The van der Waals surface area contributed by atoms with E-state index in [2.05, 4.69) is 10.4 Å². The van der Waals surface area contributed by atoms with Gasteiger partial charge in [-0.25, -0.2) is 9.07 Å². The lowest BCUT2D eigenvalue weighted by Crippen LogP contribution is -2.26. The lowest BCUT2D eigenvalue weighted by molar-refractivity contribution is 0.101. The van der Waals surface area contributed by atoms with E-state index in [-0.39, 0.29) is 11.6 Å². The number of carbonyl (C=O) groups excluding carboxylic acids is 1. The summed E-state index contributed by atoms with van der Waals surface area (Å²) >= 11 is 0. The quantitative estimate of drug-likeness (QED) is 0.793.